The van der Waals surface area contributed by atoms with E-state index in [4.69, 9.17) is 10.5 Å². The van der Waals surface area contributed by atoms with Crippen molar-refractivity contribution in [2.75, 3.05) is 19.7 Å². The molecule has 3 unspecified atom stereocenters. The lowest BCUT2D eigenvalue weighted by Crippen LogP contribution is -2.55. The van der Waals surface area contributed by atoms with Crippen molar-refractivity contribution in [3.8, 4) is 0 Å². The van der Waals surface area contributed by atoms with E-state index in [-0.39, 0.29) is 23.5 Å². The molecule has 1 aliphatic heterocycles. The highest BCUT2D eigenvalue weighted by molar-refractivity contribution is 5.80. The second-order valence-corrected chi connectivity index (χ2v) is 6.86. The first kappa shape index (κ1) is 15.5. The van der Waals surface area contributed by atoms with Crippen LogP contribution < -0.4 is 5.73 Å². The van der Waals surface area contributed by atoms with Gasteiger partial charge in [-0.1, -0.05) is 43.2 Å². The van der Waals surface area contributed by atoms with Crippen LogP contribution in [0, 0.1) is 5.92 Å². The van der Waals surface area contributed by atoms with E-state index in [0.29, 0.717) is 19.7 Å². The van der Waals surface area contributed by atoms with Crippen LogP contribution in [0.4, 0.5) is 0 Å². The summed E-state index contributed by atoms with van der Waals surface area (Å²) in [6.45, 7) is 3.94. The van der Waals surface area contributed by atoms with E-state index in [9.17, 15) is 4.79 Å². The van der Waals surface area contributed by atoms with Crippen molar-refractivity contribution in [1.82, 2.24) is 4.90 Å². The third kappa shape index (κ3) is 3.18. The standard InChI is InChI=1S/C18H26N2O2/c1-18(19)10-6-5-9-15(18)17(21)20-11-12-22-16(13-20)14-7-3-2-4-8-14/h2-4,7-8,15-16H,5-6,9-13,19H2,1H3. The predicted octanol–water partition coefficient (Wildman–Crippen LogP) is 2.49. The van der Waals surface area contributed by atoms with Crippen molar-refractivity contribution < 1.29 is 9.53 Å². The molecule has 1 amide bonds. The second-order valence-electron chi connectivity index (χ2n) is 6.86. The van der Waals surface area contributed by atoms with Gasteiger partial charge in [-0.15, -0.1) is 0 Å². The minimum atomic E-state index is -0.365. The SMILES string of the molecule is CC1(N)CCCCC1C(=O)N1CCOC(c2ccccc2)C1. The monoisotopic (exact) mass is 302 g/mol. The molecule has 3 atom stereocenters. The van der Waals surface area contributed by atoms with E-state index in [2.05, 4.69) is 12.1 Å². The lowest BCUT2D eigenvalue weighted by Gasteiger charge is -2.42. The van der Waals surface area contributed by atoms with Gasteiger partial charge in [-0.25, -0.2) is 0 Å². The zero-order valence-corrected chi connectivity index (χ0v) is 13.3. The third-order valence-corrected chi connectivity index (χ3v) is 5.10. The first-order valence-corrected chi connectivity index (χ1v) is 8.32. The fourth-order valence-electron chi connectivity index (χ4n) is 3.70. The van der Waals surface area contributed by atoms with E-state index < -0.39 is 0 Å². The molecule has 4 heteroatoms. The van der Waals surface area contributed by atoms with Gasteiger partial charge >= 0.3 is 0 Å². The second kappa shape index (κ2) is 6.39. The summed E-state index contributed by atoms with van der Waals surface area (Å²) in [5.74, 6) is 0.171. The van der Waals surface area contributed by atoms with Crippen LogP contribution in [-0.2, 0) is 9.53 Å². The highest BCUT2D eigenvalue weighted by Gasteiger charge is 2.40. The molecular formula is C18H26N2O2. The topological polar surface area (TPSA) is 55.6 Å². The Labute approximate surface area is 132 Å². The van der Waals surface area contributed by atoms with Crippen molar-refractivity contribution in [2.45, 2.75) is 44.2 Å². The quantitative estimate of drug-likeness (QED) is 0.913. The summed E-state index contributed by atoms with van der Waals surface area (Å²) in [6, 6.07) is 10.1. The maximum Gasteiger partial charge on any atom is 0.227 e. The smallest absolute Gasteiger partial charge is 0.227 e. The number of carbonyl (C=O) groups is 1. The average Bonchev–Trinajstić information content (AvgIpc) is 2.55. The minimum Gasteiger partial charge on any atom is -0.370 e. The molecule has 1 heterocycles. The largest absolute Gasteiger partial charge is 0.370 e. The molecule has 1 saturated heterocycles. The summed E-state index contributed by atoms with van der Waals surface area (Å²) >= 11 is 0. The molecule has 0 aromatic heterocycles. The minimum absolute atomic E-state index is 0.0217. The van der Waals surface area contributed by atoms with E-state index in [1.54, 1.807) is 0 Å². The Bertz CT molecular complexity index is 515. The number of rotatable bonds is 2. The molecule has 4 nitrogen and oxygen atoms in total. The number of hydrogen-bond donors (Lipinski definition) is 1. The van der Waals surface area contributed by atoms with Gasteiger partial charge in [0, 0.05) is 12.1 Å². The maximum absolute atomic E-state index is 12.9. The Morgan fingerprint density at radius 2 is 2.09 bits per heavy atom. The van der Waals surface area contributed by atoms with Gasteiger partial charge in [0.25, 0.3) is 0 Å². The summed E-state index contributed by atoms with van der Waals surface area (Å²) in [5, 5.41) is 0. The molecule has 22 heavy (non-hydrogen) atoms. The Kier molecular flexibility index (Phi) is 4.50. The number of benzene rings is 1. The van der Waals surface area contributed by atoms with E-state index >= 15 is 0 Å². The third-order valence-electron chi connectivity index (χ3n) is 5.10. The Morgan fingerprint density at radius 1 is 1.32 bits per heavy atom. The zero-order chi connectivity index (χ0) is 15.6. The van der Waals surface area contributed by atoms with Gasteiger partial charge in [-0.2, -0.15) is 0 Å². The molecule has 2 aliphatic rings. The summed E-state index contributed by atoms with van der Waals surface area (Å²) in [4.78, 5) is 14.9. The highest BCUT2D eigenvalue weighted by Crippen LogP contribution is 2.34. The predicted molar refractivity (Wildman–Crippen MR) is 86.3 cm³/mol. The van der Waals surface area contributed by atoms with E-state index in [0.717, 1.165) is 31.2 Å². The number of ether oxygens (including phenoxy) is 1. The lowest BCUT2D eigenvalue weighted by atomic mass is 9.74. The van der Waals surface area contributed by atoms with Crippen LogP contribution >= 0.6 is 0 Å². The molecule has 120 valence electrons. The van der Waals surface area contributed by atoms with Crippen LogP contribution in [0.1, 0.15) is 44.3 Å². The lowest BCUT2D eigenvalue weighted by molar-refractivity contribution is -0.146. The summed E-state index contributed by atoms with van der Waals surface area (Å²) in [6.07, 6.45) is 4.07. The van der Waals surface area contributed by atoms with Gasteiger partial charge < -0.3 is 15.4 Å². The van der Waals surface area contributed by atoms with Crippen LogP contribution in [0.2, 0.25) is 0 Å². The normalized spacial score (nSPS) is 32.7. The Balaban J connectivity index is 1.70. The summed E-state index contributed by atoms with van der Waals surface area (Å²) < 4.78 is 5.86. The van der Waals surface area contributed by atoms with Gasteiger partial charge in [0.2, 0.25) is 5.91 Å². The number of carbonyl (C=O) groups excluding carboxylic acids is 1. The Hall–Kier alpha value is -1.39. The maximum atomic E-state index is 12.9. The van der Waals surface area contributed by atoms with Crippen LogP contribution in [0.3, 0.4) is 0 Å². The van der Waals surface area contributed by atoms with Crippen molar-refractivity contribution in [2.24, 2.45) is 11.7 Å². The number of nitrogens with zero attached hydrogens (tertiary/aromatic N) is 1. The molecule has 2 fully saturated rings. The molecule has 0 bridgehead atoms. The van der Waals surface area contributed by atoms with Gasteiger partial charge in [0.15, 0.2) is 0 Å². The average molecular weight is 302 g/mol. The van der Waals surface area contributed by atoms with E-state index in [1.165, 1.54) is 0 Å². The van der Waals surface area contributed by atoms with E-state index in [1.807, 2.05) is 30.0 Å². The fraction of sp³-hybridized carbons (Fsp3) is 0.611. The van der Waals surface area contributed by atoms with Crippen LogP contribution in [0.15, 0.2) is 30.3 Å². The van der Waals surface area contributed by atoms with Crippen molar-refractivity contribution in [3.05, 3.63) is 35.9 Å². The first-order valence-electron chi connectivity index (χ1n) is 8.32. The highest BCUT2D eigenvalue weighted by atomic mass is 16.5. The van der Waals surface area contributed by atoms with Gasteiger partial charge in [0.1, 0.15) is 6.10 Å². The number of nitrogens with two attached hydrogens (primary N) is 1. The molecule has 0 radical (unpaired) electrons. The molecular weight excluding hydrogens is 276 g/mol. The van der Waals surface area contributed by atoms with Gasteiger partial charge in [-0.05, 0) is 25.3 Å². The summed E-state index contributed by atoms with van der Waals surface area (Å²) in [7, 11) is 0. The number of morpholine rings is 1. The molecule has 1 saturated carbocycles. The van der Waals surface area contributed by atoms with Crippen LogP contribution in [0.5, 0.6) is 0 Å². The van der Waals surface area contributed by atoms with Gasteiger partial charge in [0.05, 0.1) is 19.1 Å². The Morgan fingerprint density at radius 3 is 2.82 bits per heavy atom. The molecule has 1 aromatic rings. The van der Waals surface area contributed by atoms with Crippen molar-refractivity contribution in [3.63, 3.8) is 0 Å². The molecule has 0 spiro atoms. The zero-order valence-electron chi connectivity index (χ0n) is 13.3. The van der Waals surface area contributed by atoms with Gasteiger partial charge in [-0.3, -0.25) is 4.79 Å². The molecule has 3 rings (SSSR count). The first-order chi connectivity index (χ1) is 10.6. The van der Waals surface area contributed by atoms with Crippen molar-refractivity contribution >= 4 is 5.91 Å². The fourth-order valence-corrected chi connectivity index (χ4v) is 3.70. The number of hydrogen-bond acceptors (Lipinski definition) is 3. The molecule has 1 aromatic carbocycles. The van der Waals surface area contributed by atoms with Crippen LogP contribution in [-0.4, -0.2) is 36.0 Å². The summed E-state index contributed by atoms with van der Waals surface area (Å²) in [5.41, 5.74) is 7.17. The van der Waals surface area contributed by atoms with Crippen molar-refractivity contribution in [1.29, 1.82) is 0 Å². The number of amides is 1. The molecule has 2 N–H and O–H groups in total. The molecule has 1 aliphatic carbocycles. The van der Waals surface area contributed by atoms with Crippen LogP contribution in [0.25, 0.3) is 0 Å².